The van der Waals surface area contributed by atoms with Gasteiger partial charge in [-0.05, 0) is 20.8 Å². The van der Waals surface area contributed by atoms with E-state index in [1.54, 1.807) is 26.8 Å². The van der Waals surface area contributed by atoms with E-state index in [1.165, 1.54) is 0 Å². The predicted molar refractivity (Wildman–Crippen MR) is 93.3 cm³/mol. The molecule has 4 rings (SSSR count). The summed E-state index contributed by atoms with van der Waals surface area (Å²) in [6, 6.07) is 0. The number of aliphatic hydroxyl groups is 2. The number of carbonyl (C=O) groups is 2. The molecule has 0 bridgehead atoms. The molecule has 0 unspecified atom stereocenters. The Labute approximate surface area is 157 Å². The minimum atomic E-state index is -1.68. The standard InChI is InChI=1S/C20H24O7/c1-6-8(2)17(22)25-11-7-9(3)13-14(21)16-19(5,27-16)20(13,24)15-12(11)10(4)18(23)26-15/h6,11-16,21,24H,3-4,7H2,1-2,5H3/b8-6+/t11-,12+,13+,14-,15-,16+,19-,20+/m0/s1. The van der Waals surface area contributed by atoms with Gasteiger partial charge >= 0.3 is 11.9 Å². The Morgan fingerprint density at radius 2 is 2.04 bits per heavy atom. The van der Waals surface area contributed by atoms with E-state index in [0.717, 1.165) is 0 Å². The molecule has 2 saturated carbocycles. The van der Waals surface area contributed by atoms with Gasteiger partial charge in [0.2, 0.25) is 0 Å². The molecule has 2 N–H and O–H groups in total. The number of ether oxygens (including phenoxy) is 3. The van der Waals surface area contributed by atoms with E-state index in [1.807, 2.05) is 0 Å². The van der Waals surface area contributed by atoms with Crippen LogP contribution in [0.3, 0.4) is 0 Å². The van der Waals surface area contributed by atoms with E-state index < -0.39 is 59.4 Å². The molecular weight excluding hydrogens is 352 g/mol. The number of aliphatic hydroxyl groups excluding tert-OH is 1. The SMILES string of the molecule is C=C1C(=O)O[C@H]2[C@H]1[C@@H](OC(=O)/C(C)=C/C)CC(=C)[C@@H]1[C@H](O)[C@H]3O[C@]3(C)[C@@]12O. The number of fused-ring (bicyclic) bond motifs is 5. The summed E-state index contributed by atoms with van der Waals surface area (Å²) in [6.07, 6.45) is -1.54. The number of hydrogen-bond acceptors (Lipinski definition) is 7. The second kappa shape index (κ2) is 5.53. The van der Waals surface area contributed by atoms with Crippen molar-refractivity contribution in [2.75, 3.05) is 0 Å². The van der Waals surface area contributed by atoms with E-state index in [2.05, 4.69) is 13.2 Å². The van der Waals surface area contributed by atoms with Crippen LogP contribution in [0.15, 0.2) is 36.0 Å². The van der Waals surface area contributed by atoms with Crippen LogP contribution in [0.4, 0.5) is 0 Å². The summed E-state index contributed by atoms with van der Waals surface area (Å²) >= 11 is 0. The molecule has 146 valence electrons. The van der Waals surface area contributed by atoms with E-state index in [4.69, 9.17) is 14.2 Å². The van der Waals surface area contributed by atoms with Crippen LogP contribution >= 0.6 is 0 Å². The molecule has 0 aromatic rings. The fourth-order valence-electron chi connectivity index (χ4n) is 5.05. The van der Waals surface area contributed by atoms with Crippen molar-refractivity contribution >= 4 is 11.9 Å². The third-order valence-electron chi connectivity index (χ3n) is 6.75. The average Bonchev–Trinajstić information content (AvgIpc) is 3.20. The van der Waals surface area contributed by atoms with Crippen molar-refractivity contribution in [3.05, 3.63) is 36.0 Å². The monoisotopic (exact) mass is 376 g/mol. The number of epoxide rings is 1. The second-order valence-electron chi connectivity index (χ2n) is 8.09. The Morgan fingerprint density at radius 3 is 2.67 bits per heavy atom. The van der Waals surface area contributed by atoms with Gasteiger partial charge < -0.3 is 24.4 Å². The van der Waals surface area contributed by atoms with Crippen LogP contribution in [0.1, 0.15) is 27.2 Å². The maximum absolute atomic E-state index is 12.4. The zero-order chi connectivity index (χ0) is 19.9. The second-order valence-corrected chi connectivity index (χ2v) is 8.09. The first kappa shape index (κ1) is 18.4. The van der Waals surface area contributed by atoms with E-state index in [-0.39, 0.29) is 12.0 Å². The Hall–Kier alpha value is -1.96. The van der Waals surface area contributed by atoms with Crippen molar-refractivity contribution in [3.8, 4) is 0 Å². The first-order chi connectivity index (χ1) is 12.6. The molecule has 2 saturated heterocycles. The fraction of sp³-hybridized carbons (Fsp3) is 0.600. The fourth-order valence-corrected chi connectivity index (χ4v) is 5.05. The van der Waals surface area contributed by atoms with Crippen molar-refractivity contribution < 1.29 is 34.0 Å². The van der Waals surface area contributed by atoms with Gasteiger partial charge in [0.15, 0.2) is 0 Å². The maximum Gasteiger partial charge on any atom is 0.334 e. The maximum atomic E-state index is 12.4. The summed E-state index contributed by atoms with van der Waals surface area (Å²) in [7, 11) is 0. The van der Waals surface area contributed by atoms with E-state index in [0.29, 0.717) is 11.1 Å². The summed E-state index contributed by atoms with van der Waals surface area (Å²) in [6.45, 7) is 12.9. The average molecular weight is 376 g/mol. The number of carbonyl (C=O) groups excluding carboxylic acids is 2. The van der Waals surface area contributed by atoms with Crippen molar-refractivity contribution in [1.82, 2.24) is 0 Å². The normalized spacial score (nSPS) is 48.3. The van der Waals surface area contributed by atoms with E-state index in [9.17, 15) is 19.8 Å². The Morgan fingerprint density at radius 1 is 1.37 bits per heavy atom. The third-order valence-corrected chi connectivity index (χ3v) is 6.75. The van der Waals surface area contributed by atoms with Gasteiger partial charge in [0.05, 0.1) is 12.0 Å². The molecule has 0 aromatic carbocycles. The van der Waals surface area contributed by atoms with Crippen LogP contribution in [0, 0.1) is 11.8 Å². The van der Waals surface area contributed by atoms with Crippen LogP contribution in [-0.2, 0) is 23.8 Å². The van der Waals surface area contributed by atoms with Crippen LogP contribution in [0.5, 0.6) is 0 Å². The first-order valence-corrected chi connectivity index (χ1v) is 9.07. The molecule has 2 aliphatic heterocycles. The summed E-state index contributed by atoms with van der Waals surface area (Å²) in [5.74, 6) is -2.66. The van der Waals surface area contributed by atoms with Gasteiger partial charge in [0.25, 0.3) is 0 Å². The molecule has 4 aliphatic rings. The summed E-state index contributed by atoms with van der Waals surface area (Å²) in [5.41, 5.74) is -1.64. The van der Waals surface area contributed by atoms with E-state index >= 15 is 0 Å². The van der Waals surface area contributed by atoms with Gasteiger partial charge in [-0.25, -0.2) is 9.59 Å². The Balaban J connectivity index is 1.78. The Kier molecular flexibility index (Phi) is 3.77. The van der Waals surface area contributed by atoms with Gasteiger partial charge in [-0.1, -0.05) is 24.8 Å². The highest BCUT2D eigenvalue weighted by atomic mass is 16.7. The van der Waals surface area contributed by atoms with Crippen molar-refractivity contribution in [2.45, 2.75) is 62.8 Å². The van der Waals surface area contributed by atoms with Crippen molar-refractivity contribution in [1.29, 1.82) is 0 Å². The number of esters is 2. The molecular formula is C20H24O7. The van der Waals surface area contributed by atoms with Gasteiger partial charge in [0, 0.05) is 23.5 Å². The summed E-state index contributed by atoms with van der Waals surface area (Å²) in [4.78, 5) is 24.6. The molecule has 2 heterocycles. The van der Waals surface area contributed by atoms with Crippen molar-refractivity contribution in [3.63, 3.8) is 0 Å². The molecule has 27 heavy (non-hydrogen) atoms. The zero-order valence-electron chi connectivity index (χ0n) is 15.6. The molecule has 7 nitrogen and oxygen atoms in total. The molecule has 0 aromatic heterocycles. The topological polar surface area (TPSA) is 106 Å². The smallest absolute Gasteiger partial charge is 0.334 e. The van der Waals surface area contributed by atoms with Gasteiger partial charge in [-0.2, -0.15) is 0 Å². The number of allylic oxidation sites excluding steroid dienone is 1. The highest BCUT2D eigenvalue weighted by Gasteiger charge is 2.83. The molecule has 0 radical (unpaired) electrons. The molecule has 7 heteroatoms. The lowest BCUT2D eigenvalue weighted by Gasteiger charge is -2.40. The zero-order valence-corrected chi connectivity index (χ0v) is 15.6. The molecule has 0 spiro atoms. The Bertz CT molecular complexity index is 798. The summed E-state index contributed by atoms with van der Waals surface area (Å²) < 4.78 is 16.8. The lowest BCUT2D eigenvalue weighted by molar-refractivity contribution is -0.185. The molecule has 0 amide bonds. The number of rotatable bonds is 2. The minimum Gasteiger partial charge on any atom is -0.458 e. The van der Waals surface area contributed by atoms with Gasteiger partial charge in [0.1, 0.15) is 29.5 Å². The number of hydrogen-bond donors (Lipinski definition) is 2. The summed E-state index contributed by atoms with van der Waals surface area (Å²) in [5, 5.41) is 22.4. The minimum absolute atomic E-state index is 0.139. The largest absolute Gasteiger partial charge is 0.458 e. The quantitative estimate of drug-likeness (QED) is 0.318. The lowest BCUT2D eigenvalue weighted by Crippen LogP contribution is -2.59. The van der Waals surface area contributed by atoms with Gasteiger partial charge in [-0.15, -0.1) is 0 Å². The highest BCUT2D eigenvalue weighted by Crippen LogP contribution is 2.65. The van der Waals surface area contributed by atoms with Crippen LogP contribution in [0.2, 0.25) is 0 Å². The van der Waals surface area contributed by atoms with Crippen LogP contribution < -0.4 is 0 Å². The first-order valence-electron chi connectivity index (χ1n) is 9.07. The molecule has 4 fully saturated rings. The third kappa shape index (κ3) is 2.13. The predicted octanol–water partition coefficient (Wildman–Crippen LogP) is 0.801. The molecule has 8 atom stereocenters. The highest BCUT2D eigenvalue weighted by molar-refractivity contribution is 5.92. The molecule has 2 aliphatic carbocycles. The lowest BCUT2D eigenvalue weighted by atomic mass is 9.73. The van der Waals surface area contributed by atoms with Gasteiger partial charge in [-0.3, -0.25) is 0 Å². The van der Waals surface area contributed by atoms with Crippen molar-refractivity contribution in [2.24, 2.45) is 11.8 Å². The van der Waals surface area contributed by atoms with Crippen LogP contribution in [-0.4, -0.2) is 57.8 Å². The van der Waals surface area contributed by atoms with Crippen LogP contribution in [0.25, 0.3) is 0 Å².